The Hall–Kier alpha value is 0.0300. The van der Waals surface area contributed by atoms with E-state index in [2.05, 4.69) is 5.32 Å². The van der Waals surface area contributed by atoms with Crippen LogP contribution in [0.3, 0.4) is 0 Å². The topological polar surface area (TPSA) is 72.4 Å². The molecule has 0 radical (unpaired) electrons. The third-order valence-corrected chi connectivity index (χ3v) is 1.81. The van der Waals surface area contributed by atoms with Gasteiger partial charge in [-0.05, 0) is 13.8 Å². The van der Waals surface area contributed by atoms with Crippen molar-refractivity contribution >= 4 is 11.1 Å². The van der Waals surface area contributed by atoms with Crippen LogP contribution in [0.1, 0.15) is 13.8 Å². The highest BCUT2D eigenvalue weighted by atomic mass is 32.2. The molecule has 0 aromatic carbocycles. The highest BCUT2D eigenvalue weighted by Crippen LogP contribution is 1.97. The molecule has 0 rings (SSSR count). The molecule has 0 aliphatic rings. The lowest BCUT2D eigenvalue weighted by atomic mass is 10.1. The summed E-state index contributed by atoms with van der Waals surface area (Å²) in [5, 5.41) is 11.6. The zero-order valence-corrected chi connectivity index (χ0v) is 7.61. The van der Waals surface area contributed by atoms with Gasteiger partial charge in [-0.1, -0.05) is 11.1 Å². The van der Waals surface area contributed by atoms with Crippen molar-refractivity contribution < 1.29 is 13.9 Å². The van der Waals surface area contributed by atoms with Gasteiger partial charge in [-0.25, -0.2) is 0 Å². The summed E-state index contributed by atoms with van der Waals surface area (Å²) in [5.41, 5.74) is -0.390. The minimum Gasteiger partial charge on any atom is -0.772 e. The van der Waals surface area contributed by atoms with Gasteiger partial charge < -0.3 is 15.0 Å². The summed E-state index contributed by atoms with van der Waals surface area (Å²) < 4.78 is 20.1. The van der Waals surface area contributed by atoms with Gasteiger partial charge >= 0.3 is 0 Å². The molecule has 5 heteroatoms. The highest BCUT2D eigenvalue weighted by molar-refractivity contribution is 7.79. The van der Waals surface area contributed by atoms with Crippen molar-refractivity contribution in [3.63, 3.8) is 0 Å². The van der Waals surface area contributed by atoms with E-state index in [-0.39, 0.29) is 17.9 Å². The van der Waals surface area contributed by atoms with Gasteiger partial charge in [0, 0.05) is 17.8 Å². The molecule has 68 valence electrons. The van der Waals surface area contributed by atoms with Crippen LogP contribution in [0.25, 0.3) is 0 Å². The maximum atomic E-state index is 10.1. The van der Waals surface area contributed by atoms with Crippen molar-refractivity contribution in [2.45, 2.75) is 19.4 Å². The number of hydrogen-bond acceptors (Lipinski definition) is 4. The Morgan fingerprint density at radius 3 is 2.55 bits per heavy atom. The molecule has 0 bridgehead atoms. The summed E-state index contributed by atoms with van der Waals surface area (Å²) >= 11 is -2.00. The first-order chi connectivity index (χ1) is 4.98. The van der Waals surface area contributed by atoms with E-state index in [1.165, 1.54) is 0 Å². The zero-order chi connectivity index (χ0) is 8.91. The molecule has 1 atom stereocenters. The normalized spacial score (nSPS) is 14.9. The molecule has 4 nitrogen and oxygen atoms in total. The van der Waals surface area contributed by atoms with Crippen LogP contribution in [0.15, 0.2) is 0 Å². The Balaban J connectivity index is 3.45. The molecule has 0 spiro atoms. The van der Waals surface area contributed by atoms with E-state index in [1.54, 1.807) is 13.8 Å². The molecule has 2 N–H and O–H groups in total. The van der Waals surface area contributed by atoms with Gasteiger partial charge in [-0.15, -0.1) is 0 Å². The number of aliphatic hydroxyl groups excluding tert-OH is 1. The first-order valence-corrected chi connectivity index (χ1v) is 4.64. The maximum Gasteiger partial charge on any atom is 0.0607 e. The van der Waals surface area contributed by atoms with Gasteiger partial charge in [-0.3, -0.25) is 4.21 Å². The van der Waals surface area contributed by atoms with Crippen LogP contribution in [-0.4, -0.2) is 38.3 Å². The molecular weight excluding hydrogens is 166 g/mol. The van der Waals surface area contributed by atoms with Crippen LogP contribution in [-0.2, 0) is 11.1 Å². The second-order valence-corrected chi connectivity index (χ2v) is 3.99. The van der Waals surface area contributed by atoms with E-state index in [0.29, 0.717) is 6.54 Å². The summed E-state index contributed by atoms with van der Waals surface area (Å²) in [7, 11) is 0. The van der Waals surface area contributed by atoms with Crippen molar-refractivity contribution in [3.05, 3.63) is 0 Å². The smallest absolute Gasteiger partial charge is 0.0607 e. The minimum absolute atomic E-state index is 0.00150. The van der Waals surface area contributed by atoms with E-state index >= 15 is 0 Å². The summed E-state index contributed by atoms with van der Waals surface area (Å²) in [4.78, 5) is 0. The number of aliphatic hydroxyl groups is 1. The minimum atomic E-state index is -2.00. The molecule has 1 unspecified atom stereocenters. The number of nitrogens with one attached hydrogen (secondary N) is 1. The molecule has 0 aliphatic heterocycles. The SMILES string of the molecule is CC(C)(CO)NCCS(=O)[O-]. The number of hydrogen-bond donors (Lipinski definition) is 2. The van der Waals surface area contributed by atoms with Gasteiger partial charge in [0.15, 0.2) is 0 Å². The monoisotopic (exact) mass is 180 g/mol. The standard InChI is InChI=1S/C6H15NO3S/c1-6(2,5-8)7-3-4-11(9)10/h7-8H,3-5H2,1-2H3,(H,9,10)/p-1. The predicted molar refractivity (Wildman–Crippen MR) is 43.0 cm³/mol. The molecule has 0 fully saturated rings. The van der Waals surface area contributed by atoms with Gasteiger partial charge in [0.05, 0.1) is 6.61 Å². The Morgan fingerprint density at radius 1 is 1.64 bits per heavy atom. The summed E-state index contributed by atoms with van der Waals surface area (Å²) in [6, 6.07) is 0. The van der Waals surface area contributed by atoms with E-state index in [4.69, 9.17) is 5.11 Å². The molecule has 0 heterocycles. The predicted octanol–water partition coefficient (Wildman–Crippen LogP) is -0.774. The van der Waals surface area contributed by atoms with E-state index in [0.717, 1.165) is 0 Å². The lowest BCUT2D eigenvalue weighted by molar-refractivity contribution is 0.191. The van der Waals surface area contributed by atoms with Crippen LogP contribution < -0.4 is 5.32 Å². The van der Waals surface area contributed by atoms with Crippen LogP contribution >= 0.6 is 0 Å². The Bertz CT molecular complexity index is 138. The molecule has 0 aromatic rings. The average molecular weight is 180 g/mol. The third kappa shape index (κ3) is 6.43. The molecule has 0 saturated heterocycles. The summed E-state index contributed by atoms with van der Waals surface area (Å²) in [6.45, 7) is 3.99. The van der Waals surface area contributed by atoms with Crippen molar-refractivity contribution in [1.29, 1.82) is 0 Å². The summed E-state index contributed by atoms with van der Waals surface area (Å²) in [6.07, 6.45) is 0. The third-order valence-electron chi connectivity index (χ3n) is 1.27. The van der Waals surface area contributed by atoms with Crippen molar-refractivity contribution in [1.82, 2.24) is 5.32 Å². The molecule has 11 heavy (non-hydrogen) atoms. The van der Waals surface area contributed by atoms with Gasteiger partial charge in [0.25, 0.3) is 0 Å². The fourth-order valence-electron chi connectivity index (χ4n) is 0.529. The maximum absolute atomic E-state index is 10.1. The fourth-order valence-corrected chi connectivity index (χ4v) is 0.797. The van der Waals surface area contributed by atoms with E-state index in [1.807, 2.05) is 0 Å². The Kier molecular flexibility index (Phi) is 4.83. The van der Waals surface area contributed by atoms with Crippen LogP contribution in [0.2, 0.25) is 0 Å². The van der Waals surface area contributed by atoms with Crippen molar-refractivity contribution in [3.8, 4) is 0 Å². The van der Waals surface area contributed by atoms with Crippen LogP contribution in [0.4, 0.5) is 0 Å². The Morgan fingerprint density at radius 2 is 2.18 bits per heavy atom. The second-order valence-electron chi connectivity index (χ2n) is 2.98. The largest absolute Gasteiger partial charge is 0.772 e. The molecule has 0 aromatic heterocycles. The zero-order valence-electron chi connectivity index (χ0n) is 6.79. The average Bonchev–Trinajstić information content (AvgIpc) is 1.87. The first-order valence-electron chi connectivity index (χ1n) is 3.40. The first kappa shape index (κ1) is 11.0. The highest BCUT2D eigenvalue weighted by Gasteiger charge is 2.13. The van der Waals surface area contributed by atoms with Crippen molar-refractivity contribution in [2.24, 2.45) is 0 Å². The van der Waals surface area contributed by atoms with Gasteiger partial charge in [0.2, 0.25) is 0 Å². The molecule has 0 amide bonds. The quantitative estimate of drug-likeness (QED) is 0.545. The van der Waals surface area contributed by atoms with Crippen molar-refractivity contribution in [2.75, 3.05) is 18.9 Å². The van der Waals surface area contributed by atoms with Gasteiger partial charge in [-0.2, -0.15) is 0 Å². The lowest BCUT2D eigenvalue weighted by Gasteiger charge is -2.23. The summed E-state index contributed by atoms with van der Waals surface area (Å²) in [5.74, 6) is 0.0867. The number of rotatable bonds is 5. The second kappa shape index (κ2) is 4.82. The van der Waals surface area contributed by atoms with E-state index < -0.39 is 11.1 Å². The van der Waals surface area contributed by atoms with E-state index in [9.17, 15) is 8.76 Å². The molecular formula is C6H14NO3S-. The Labute approximate surface area is 69.3 Å². The fraction of sp³-hybridized carbons (Fsp3) is 1.00. The molecule has 0 saturated carbocycles. The van der Waals surface area contributed by atoms with Gasteiger partial charge in [0.1, 0.15) is 0 Å². The lowest BCUT2D eigenvalue weighted by Crippen LogP contribution is -2.44. The molecule has 0 aliphatic carbocycles. The van der Waals surface area contributed by atoms with Crippen LogP contribution in [0.5, 0.6) is 0 Å². The van der Waals surface area contributed by atoms with Crippen LogP contribution in [0, 0.1) is 0 Å².